The van der Waals surface area contributed by atoms with Crippen LogP contribution < -0.4 is 11.1 Å². The summed E-state index contributed by atoms with van der Waals surface area (Å²) >= 11 is 0. The molecule has 0 spiro atoms. The Bertz CT molecular complexity index is 679. The van der Waals surface area contributed by atoms with Gasteiger partial charge in [-0.2, -0.15) is 0 Å². The molecule has 0 saturated carbocycles. The van der Waals surface area contributed by atoms with Crippen molar-refractivity contribution < 1.29 is 0 Å². The zero-order valence-corrected chi connectivity index (χ0v) is 11.5. The van der Waals surface area contributed by atoms with Crippen molar-refractivity contribution >= 4 is 0 Å². The zero-order valence-electron chi connectivity index (χ0n) is 11.5. The van der Waals surface area contributed by atoms with Crippen molar-refractivity contribution in [2.24, 2.45) is 5.92 Å². The van der Waals surface area contributed by atoms with Crippen molar-refractivity contribution in [2.75, 3.05) is 0 Å². The molecule has 0 bridgehead atoms. The molecule has 1 aromatic heterocycles. The summed E-state index contributed by atoms with van der Waals surface area (Å²) in [5, 5.41) is 0. The number of rotatable bonds is 3. The monoisotopic (exact) mass is 258 g/mol. The van der Waals surface area contributed by atoms with Crippen molar-refractivity contribution in [1.82, 2.24) is 9.13 Å². The van der Waals surface area contributed by atoms with Crippen LogP contribution in [0.3, 0.4) is 0 Å². The first kappa shape index (κ1) is 13.3. The summed E-state index contributed by atoms with van der Waals surface area (Å²) in [6.07, 6.45) is 3.32. The van der Waals surface area contributed by atoms with Crippen LogP contribution in [0.5, 0.6) is 0 Å². The van der Waals surface area contributed by atoms with Gasteiger partial charge in [0.05, 0.1) is 0 Å². The van der Waals surface area contributed by atoms with Gasteiger partial charge in [0.25, 0.3) is 0 Å². The van der Waals surface area contributed by atoms with Crippen molar-refractivity contribution in [3.05, 3.63) is 62.9 Å². The van der Waals surface area contributed by atoms with Crippen molar-refractivity contribution in [1.29, 1.82) is 0 Å². The average Bonchev–Trinajstić information content (AvgIpc) is 2.36. The predicted molar refractivity (Wildman–Crippen MR) is 75.9 cm³/mol. The molecule has 0 aliphatic rings. The maximum atomic E-state index is 12.1. The summed E-state index contributed by atoms with van der Waals surface area (Å²) in [6.45, 7) is 6.56. The summed E-state index contributed by atoms with van der Waals surface area (Å²) in [5.41, 5.74) is 0.845. The lowest BCUT2D eigenvalue weighted by Gasteiger charge is -2.10. The lowest BCUT2D eigenvalue weighted by molar-refractivity contribution is 0.504. The van der Waals surface area contributed by atoms with Gasteiger partial charge in [0.2, 0.25) is 0 Å². The Morgan fingerprint density at radius 1 is 1.00 bits per heavy atom. The Labute approximate surface area is 111 Å². The number of benzene rings is 1. The SMILES string of the molecule is Cc1ccc(-n2ccn(CC(C)C)c(=O)c2=O)cc1. The fourth-order valence-electron chi connectivity index (χ4n) is 1.95. The topological polar surface area (TPSA) is 44.0 Å². The fraction of sp³-hybridized carbons (Fsp3) is 0.333. The van der Waals surface area contributed by atoms with Crippen LogP contribution in [-0.2, 0) is 6.54 Å². The second-order valence-electron chi connectivity index (χ2n) is 5.16. The van der Waals surface area contributed by atoms with Crippen LogP contribution in [-0.4, -0.2) is 9.13 Å². The molecule has 0 unspecified atom stereocenters. The molecule has 0 atom stereocenters. The number of hydrogen-bond donors (Lipinski definition) is 0. The van der Waals surface area contributed by atoms with Crippen molar-refractivity contribution in [3.63, 3.8) is 0 Å². The minimum absolute atomic E-state index is 0.326. The molecule has 0 saturated heterocycles. The summed E-state index contributed by atoms with van der Waals surface area (Å²) < 4.78 is 2.86. The molecule has 1 aromatic carbocycles. The molecule has 1 heterocycles. The highest BCUT2D eigenvalue weighted by Crippen LogP contribution is 2.06. The van der Waals surface area contributed by atoms with E-state index >= 15 is 0 Å². The van der Waals surface area contributed by atoms with Gasteiger partial charge in [-0.05, 0) is 25.0 Å². The quantitative estimate of drug-likeness (QED) is 0.790. The first-order valence-electron chi connectivity index (χ1n) is 6.38. The van der Waals surface area contributed by atoms with Gasteiger partial charge in [-0.15, -0.1) is 0 Å². The largest absolute Gasteiger partial charge is 0.320 e. The van der Waals surface area contributed by atoms with Crippen molar-refractivity contribution in [3.8, 4) is 5.69 Å². The van der Waals surface area contributed by atoms with E-state index in [1.165, 1.54) is 9.13 Å². The second kappa shape index (κ2) is 5.26. The van der Waals surface area contributed by atoms with Gasteiger partial charge in [-0.1, -0.05) is 31.5 Å². The van der Waals surface area contributed by atoms with Gasteiger partial charge in [-0.25, -0.2) is 0 Å². The van der Waals surface area contributed by atoms with Crippen LogP contribution >= 0.6 is 0 Å². The average molecular weight is 258 g/mol. The Hall–Kier alpha value is -2.10. The van der Waals surface area contributed by atoms with Crippen LogP contribution in [0.15, 0.2) is 46.2 Å². The number of nitrogens with zero attached hydrogens (tertiary/aromatic N) is 2. The van der Waals surface area contributed by atoms with Gasteiger partial charge >= 0.3 is 11.1 Å². The van der Waals surface area contributed by atoms with E-state index in [9.17, 15) is 9.59 Å². The molecule has 100 valence electrons. The normalized spacial score (nSPS) is 10.9. The molecule has 0 amide bonds. The third-order valence-corrected chi connectivity index (χ3v) is 2.93. The first-order valence-corrected chi connectivity index (χ1v) is 6.38. The van der Waals surface area contributed by atoms with E-state index in [0.717, 1.165) is 5.56 Å². The lowest BCUT2D eigenvalue weighted by Crippen LogP contribution is -2.40. The van der Waals surface area contributed by atoms with E-state index in [-0.39, 0.29) is 0 Å². The van der Waals surface area contributed by atoms with Crippen LogP contribution in [0.4, 0.5) is 0 Å². The number of hydrogen-bond acceptors (Lipinski definition) is 2. The van der Waals surface area contributed by atoms with Gasteiger partial charge < -0.3 is 4.57 Å². The molecule has 0 radical (unpaired) electrons. The number of aromatic nitrogens is 2. The third-order valence-electron chi connectivity index (χ3n) is 2.93. The van der Waals surface area contributed by atoms with Crippen molar-refractivity contribution in [2.45, 2.75) is 27.3 Å². The van der Waals surface area contributed by atoms with E-state index in [1.807, 2.05) is 45.0 Å². The molecule has 0 aliphatic carbocycles. The highest BCUT2D eigenvalue weighted by atomic mass is 16.2. The van der Waals surface area contributed by atoms with Gasteiger partial charge in [0.15, 0.2) is 0 Å². The van der Waals surface area contributed by atoms with Crippen LogP contribution in [0.1, 0.15) is 19.4 Å². The van der Waals surface area contributed by atoms with Crippen LogP contribution in [0.25, 0.3) is 5.69 Å². The summed E-state index contributed by atoms with van der Waals surface area (Å²) in [7, 11) is 0. The molecule has 0 N–H and O–H groups in total. The standard InChI is InChI=1S/C15H18N2O2/c1-11(2)10-16-8-9-17(15(19)14(16)18)13-6-4-12(3)5-7-13/h4-9,11H,10H2,1-3H3. The molecule has 4 nitrogen and oxygen atoms in total. The lowest BCUT2D eigenvalue weighted by atomic mass is 10.2. The Kier molecular flexibility index (Phi) is 3.69. The maximum Gasteiger partial charge on any atom is 0.320 e. The minimum atomic E-state index is -0.507. The third kappa shape index (κ3) is 2.84. The first-order chi connectivity index (χ1) is 8.99. The molecule has 2 aromatic rings. The predicted octanol–water partition coefficient (Wildman–Crippen LogP) is 1.96. The fourth-order valence-corrected chi connectivity index (χ4v) is 1.95. The highest BCUT2D eigenvalue weighted by Gasteiger charge is 2.07. The summed E-state index contributed by atoms with van der Waals surface area (Å²) in [4.78, 5) is 24.1. The van der Waals surface area contributed by atoms with E-state index in [1.54, 1.807) is 12.4 Å². The Morgan fingerprint density at radius 3 is 2.21 bits per heavy atom. The summed E-state index contributed by atoms with van der Waals surface area (Å²) in [6, 6.07) is 7.51. The molecule has 0 fully saturated rings. The Balaban J connectivity index is 2.50. The van der Waals surface area contributed by atoms with E-state index in [0.29, 0.717) is 18.2 Å². The smallest absolute Gasteiger partial charge is 0.309 e. The molecule has 4 heteroatoms. The highest BCUT2D eigenvalue weighted by molar-refractivity contribution is 5.34. The molecular weight excluding hydrogens is 240 g/mol. The van der Waals surface area contributed by atoms with Gasteiger partial charge in [-0.3, -0.25) is 14.2 Å². The van der Waals surface area contributed by atoms with E-state index < -0.39 is 11.1 Å². The van der Waals surface area contributed by atoms with Gasteiger partial charge in [0, 0.05) is 24.6 Å². The second-order valence-corrected chi connectivity index (χ2v) is 5.16. The molecular formula is C15H18N2O2. The maximum absolute atomic E-state index is 12.1. The van der Waals surface area contributed by atoms with E-state index in [2.05, 4.69) is 0 Å². The van der Waals surface area contributed by atoms with Gasteiger partial charge in [0.1, 0.15) is 0 Å². The van der Waals surface area contributed by atoms with Crippen LogP contribution in [0.2, 0.25) is 0 Å². The molecule has 19 heavy (non-hydrogen) atoms. The molecule has 0 aliphatic heterocycles. The zero-order chi connectivity index (χ0) is 14.0. The minimum Gasteiger partial charge on any atom is -0.309 e. The van der Waals surface area contributed by atoms with E-state index in [4.69, 9.17) is 0 Å². The van der Waals surface area contributed by atoms with Crippen LogP contribution in [0, 0.1) is 12.8 Å². The number of aryl methyl sites for hydroxylation is 1. The molecule has 2 rings (SSSR count). The Morgan fingerprint density at radius 2 is 1.63 bits per heavy atom. The summed E-state index contributed by atoms with van der Waals surface area (Å²) in [5.74, 6) is 0.326.